The Morgan fingerprint density at radius 2 is 2.36 bits per heavy atom. The molecule has 14 heavy (non-hydrogen) atoms. The number of esters is 1. The zero-order valence-electron chi connectivity index (χ0n) is 7.95. The molecule has 0 aliphatic heterocycles. The molecule has 1 heterocycles. The summed E-state index contributed by atoms with van der Waals surface area (Å²) in [6, 6.07) is 1.32. The molecule has 4 nitrogen and oxygen atoms in total. The molecule has 1 atom stereocenters. The van der Waals surface area contributed by atoms with Crippen LogP contribution in [0.1, 0.15) is 28.9 Å². The summed E-state index contributed by atoms with van der Waals surface area (Å²) < 4.78 is 4.55. The number of halogens is 1. The van der Waals surface area contributed by atoms with Gasteiger partial charge in [-0.05, 0) is 13.0 Å². The second kappa shape index (κ2) is 4.39. The molecule has 0 aromatic carbocycles. The number of methoxy groups -OCH3 is 1. The van der Waals surface area contributed by atoms with E-state index in [1.54, 1.807) is 13.0 Å². The molecule has 0 aliphatic carbocycles. The van der Waals surface area contributed by atoms with Crippen LogP contribution < -0.4 is 5.73 Å². The first-order valence-corrected chi connectivity index (χ1v) is 4.43. The van der Waals surface area contributed by atoms with E-state index >= 15 is 0 Å². The van der Waals surface area contributed by atoms with Crippen molar-refractivity contribution in [2.24, 2.45) is 5.73 Å². The summed E-state index contributed by atoms with van der Waals surface area (Å²) in [5.41, 5.74) is 6.63. The van der Waals surface area contributed by atoms with Gasteiger partial charge in [0.25, 0.3) is 0 Å². The highest BCUT2D eigenvalue weighted by molar-refractivity contribution is 6.30. The third kappa shape index (κ3) is 2.21. The van der Waals surface area contributed by atoms with Crippen molar-refractivity contribution in [3.63, 3.8) is 0 Å². The fourth-order valence-corrected chi connectivity index (χ4v) is 1.29. The first-order chi connectivity index (χ1) is 6.56. The van der Waals surface area contributed by atoms with Crippen molar-refractivity contribution in [2.45, 2.75) is 13.0 Å². The summed E-state index contributed by atoms with van der Waals surface area (Å²) in [7, 11) is 1.31. The third-order valence-electron chi connectivity index (χ3n) is 1.78. The topological polar surface area (TPSA) is 65.2 Å². The van der Waals surface area contributed by atoms with Crippen molar-refractivity contribution in [1.82, 2.24) is 4.98 Å². The van der Waals surface area contributed by atoms with E-state index < -0.39 is 5.97 Å². The summed E-state index contributed by atoms with van der Waals surface area (Å²) in [5, 5.41) is 0.313. The van der Waals surface area contributed by atoms with Crippen LogP contribution in [0.15, 0.2) is 12.3 Å². The van der Waals surface area contributed by atoms with Crippen LogP contribution in [0, 0.1) is 0 Å². The Morgan fingerprint density at radius 1 is 1.71 bits per heavy atom. The van der Waals surface area contributed by atoms with E-state index in [1.807, 2.05) is 0 Å². The van der Waals surface area contributed by atoms with Gasteiger partial charge in [0.1, 0.15) is 5.15 Å². The molecule has 1 aromatic heterocycles. The minimum absolute atomic E-state index is 0.264. The maximum absolute atomic E-state index is 11.2. The fraction of sp³-hybridized carbons (Fsp3) is 0.333. The Bertz CT molecular complexity index is 353. The molecular formula is C9H11ClN2O2. The average molecular weight is 215 g/mol. The quantitative estimate of drug-likeness (QED) is 0.599. The molecule has 0 amide bonds. The Kier molecular flexibility index (Phi) is 3.43. The van der Waals surface area contributed by atoms with Gasteiger partial charge >= 0.3 is 5.97 Å². The molecule has 0 radical (unpaired) electrons. The minimum atomic E-state index is -0.448. The van der Waals surface area contributed by atoms with Gasteiger partial charge in [0.2, 0.25) is 0 Å². The molecular weight excluding hydrogens is 204 g/mol. The zero-order valence-corrected chi connectivity index (χ0v) is 8.71. The van der Waals surface area contributed by atoms with Crippen molar-refractivity contribution in [2.75, 3.05) is 7.11 Å². The summed E-state index contributed by atoms with van der Waals surface area (Å²) in [4.78, 5) is 15.0. The van der Waals surface area contributed by atoms with E-state index in [9.17, 15) is 4.79 Å². The van der Waals surface area contributed by atoms with Gasteiger partial charge in [-0.3, -0.25) is 0 Å². The van der Waals surface area contributed by atoms with Crippen molar-refractivity contribution >= 4 is 17.6 Å². The molecule has 1 rings (SSSR count). The summed E-state index contributed by atoms with van der Waals surface area (Å²) in [6.07, 6.45) is 1.36. The molecule has 1 unspecified atom stereocenters. The van der Waals surface area contributed by atoms with Gasteiger partial charge in [-0.2, -0.15) is 0 Å². The van der Waals surface area contributed by atoms with E-state index in [0.29, 0.717) is 16.3 Å². The molecule has 0 fully saturated rings. The van der Waals surface area contributed by atoms with Crippen LogP contribution in [-0.4, -0.2) is 18.1 Å². The van der Waals surface area contributed by atoms with Crippen LogP contribution in [0.25, 0.3) is 0 Å². The van der Waals surface area contributed by atoms with Gasteiger partial charge in [-0.1, -0.05) is 11.6 Å². The number of hydrogen-bond donors (Lipinski definition) is 1. The molecule has 5 heteroatoms. The first kappa shape index (κ1) is 10.9. The van der Waals surface area contributed by atoms with Gasteiger partial charge in [0.05, 0.1) is 12.7 Å². The molecule has 0 aliphatic rings. The largest absolute Gasteiger partial charge is 0.465 e. The lowest BCUT2D eigenvalue weighted by Crippen LogP contribution is -2.09. The Balaban J connectivity index is 3.13. The number of rotatable bonds is 2. The minimum Gasteiger partial charge on any atom is -0.465 e. The number of ether oxygens (including phenoxy) is 1. The Morgan fingerprint density at radius 3 is 2.86 bits per heavy atom. The first-order valence-electron chi connectivity index (χ1n) is 4.05. The number of nitrogens with zero attached hydrogens (tertiary/aromatic N) is 1. The third-order valence-corrected chi connectivity index (χ3v) is 2.09. The van der Waals surface area contributed by atoms with Crippen LogP contribution in [0.5, 0.6) is 0 Å². The van der Waals surface area contributed by atoms with Crippen LogP contribution in [0.4, 0.5) is 0 Å². The monoisotopic (exact) mass is 214 g/mol. The molecule has 2 N–H and O–H groups in total. The van der Waals surface area contributed by atoms with Crippen molar-refractivity contribution in [3.8, 4) is 0 Å². The number of carbonyl (C=O) groups excluding carboxylic acids is 1. The lowest BCUT2D eigenvalue weighted by atomic mass is 10.1. The van der Waals surface area contributed by atoms with Crippen LogP contribution >= 0.6 is 11.6 Å². The van der Waals surface area contributed by atoms with Crippen LogP contribution in [0.2, 0.25) is 5.15 Å². The molecule has 0 spiro atoms. The Labute approximate surface area is 87.0 Å². The maximum Gasteiger partial charge on any atom is 0.339 e. The highest BCUT2D eigenvalue weighted by Crippen LogP contribution is 2.20. The van der Waals surface area contributed by atoms with Crippen LogP contribution in [0.3, 0.4) is 0 Å². The zero-order chi connectivity index (χ0) is 10.7. The van der Waals surface area contributed by atoms with Gasteiger partial charge in [-0.15, -0.1) is 0 Å². The van der Waals surface area contributed by atoms with E-state index in [1.165, 1.54) is 13.3 Å². The fourth-order valence-electron chi connectivity index (χ4n) is 1.01. The van der Waals surface area contributed by atoms with Crippen LogP contribution in [-0.2, 0) is 4.74 Å². The van der Waals surface area contributed by atoms with Crippen molar-refractivity contribution < 1.29 is 9.53 Å². The highest BCUT2D eigenvalue weighted by atomic mass is 35.5. The number of pyridine rings is 1. The number of hydrogen-bond acceptors (Lipinski definition) is 4. The Hall–Kier alpha value is -1.13. The van der Waals surface area contributed by atoms with E-state index in [-0.39, 0.29) is 6.04 Å². The van der Waals surface area contributed by atoms with Gasteiger partial charge in [0, 0.05) is 17.8 Å². The second-order valence-electron chi connectivity index (χ2n) is 2.88. The smallest absolute Gasteiger partial charge is 0.339 e. The number of nitrogens with two attached hydrogens (primary N) is 1. The molecule has 0 bridgehead atoms. The van der Waals surface area contributed by atoms with Crippen molar-refractivity contribution in [1.29, 1.82) is 0 Å². The molecule has 0 saturated heterocycles. The van der Waals surface area contributed by atoms with Gasteiger partial charge in [0.15, 0.2) is 0 Å². The molecule has 76 valence electrons. The van der Waals surface area contributed by atoms with E-state index in [0.717, 1.165) is 0 Å². The summed E-state index contributed by atoms with van der Waals surface area (Å²) >= 11 is 5.80. The van der Waals surface area contributed by atoms with Gasteiger partial charge in [-0.25, -0.2) is 9.78 Å². The molecule has 1 aromatic rings. The average Bonchev–Trinajstić information content (AvgIpc) is 2.17. The normalized spacial score (nSPS) is 12.3. The molecule has 0 saturated carbocycles. The highest BCUT2D eigenvalue weighted by Gasteiger charge is 2.12. The van der Waals surface area contributed by atoms with E-state index in [4.69, 9.17) is 17.3 Å². The second-order valence-corrected chi connectivity index (χ2v) is 3.24. The number of carbonyl (C=O) groups is 1. The van der Waals surface area contributed by atoms with Crippen molar-refractivity contribution in [3.05, 3.63) is 28.5 Å². The summed E-state index contributed by atoms with van der Waals surface area (Å²) in [5.74, 6) is -0.448. The number of aromatic nitrogens is 1. The summed E-state index contributed by atoms with van der Waals surface area (Å²) in [6.45, 7) is 1.77. The predicted molar refractivity (Wildman–Crippen MR) is 53.2 cm³/mol. The lowest BCUT2D eigenvalue weighted by molar-refractivity contribution is 0.0600. The SMILES string of the molecule is COC(=O)c1cnc(Cl)c(C(C)N)c1. The van der Waals surface area contributed by atoms with E-state index in [2.05, 4.69) is 9.72 Å². The lowest BCUT2D eigenvalue weighted by Gasteiger charge is -2.08. The standard InChI is InChI=1S/C9H11ClN2O2/c1-5(11)7-3-6(9(13)14-2)4-12-8(7)10/h3-5H,11H2,1-2H3. The maximum atomic E-state index is 11.2. The van der Waals surface area contributed by atoms with Gasteiger partial charge < -0.3 is 10.5 Å². The predicted octanol–water partition coefficient (Wildman–Crippen LogP) is 1.54.